The molecule has 0 aliphatic rings. The number of aromatic amines is 1. The first-order valence-corrected chi connectivity index (χ1v) is 7.60. The number of nitrogens with zero attached hydrogens (tertiary/aromatic N) is 3. The second-order valence-electron chi connectivity index (χ2n) is 5.76. The van der Waals surface area contributed by atoms with Gasteiger partial charge in [-0.25, -0.2) is 4.98 Å². The van der Waals surface area contributed by atoms with Crippen LogP contribution in [0.5, 0.6) is 0 Å². The van der Waals surface area contributed by atoms with Gasteiger partial charge in [-0.15, -0.1) is 0 Å². The van der Waals surface area contributed by atoms with E-state index in [-0.39, 0.29) is 31.1 Å². The van der Waals surface area contributed by atoms with Crippen molar-refractivity contribution in [3.8, 4) is 0 Å². The minimum atomic E-state index is 0. The predicted molar refractivity (Wildman–Crippen MR) is 96.0 cm³/mol. The molecular formula is C17H15N8Zn-. The number of imidazole rings is 2. The summed E-state index contributed by atoms with van der Waals surface area (Å²) in [5.41, 5.74) is 15.4. The molecule has 2 heterocycles. The molecule has 0 aliphatic heterocycles. The molecule has 4 aromatic rings. The molecule has 0 unspecified atom stereocenters. The number of nitrogens with one attached hydrogen (secondary N) is 3. The van der Waals surface area contributed by atoms with Gasteiger partial charge in [0.2, 0.25) is 0 Å². The summed E-state index contributed by atoms with van der Waals surface area (Å²) in [4.78, 5) is 16.7. The number of nitrogens with two attached hydrogens (primary N) is 2. The first kappa shape index (κ1) is 17.8. The van der Waals surface area contributed by atoms with E-state index in [4.69, 9.17) is 22.3 Å². The van der Waals surface area contributed by atoms with Crippen LogP contribution in [-0.2, 0) is 25.9 Å². The van der Waals surface area contributed by atoms with Crippen molar-refractivity contribution < 1.29 is 19.5 Å². The fraction of sp³-hybridized carbons (Fsp3) is 0.0588. The first-order valence-electron chi connectivity index (χ1n) is 7.60. The van der Waals surface area contributed by atoms with Crippen molar-refractivity contribution in [1.82, 2.24) is 19.9 Å². The Morgan fingerprint density at radius 1 is 0.962 bits per heavy atom. The van der Waals surface area contributed by atoms with Crippen LogP contribution in [0, 0.1) is 10.8 Å². The Labute approximate surface area is 161 Å². The Kier molecular flexibility index (Phi) is 4.57. The van der Waals surface area contributed by atoms with Crippen LogP contribution in [0.3, 0.4) is 0 Å². The second-order valence-corrected chi connectivity index (χ2v) is 5.76. The minimum Gasteiger partial charge on any atom is -0.439 e. The van der Waals surface area contributed by atoms with Gasteiger partial charge >= 0.3 is 0 Å². The summed E-state index contributed by atoms with van der Waals surface area (Å²) in [5, 5.41) is 15.0. The van der Waals surface area contributed by atoms with Gasteiger partial charge in [0.1, 0.15) is 17.5 Å². The van der Waals surface area contributed by atoms with Crippen LogP contribution in [0.15, 0.2) is 36.4 Å². The van der Waals surface area contributed by atoms with E-state index in [1.165, 1.54) is 0 Å². The third-order valence-electron chi connectivity index (χ3n) is 3.95. The molecular weight excluding hydrogens is 382 g/mol. The third-order valence-corrected chi connectivity index (χ3v) is 3.95. The van der Waals surface area contributed by atoms with Crippen LogP contribution in [0.4, 0.5) is 0 Å². The summed E-state index contributed by atoms with van der Waals surface area (Å²) in [5.74, 6) is 1.40. The maximum atomic E-state index is 7.51. The minimum absolute atomic E-state index is 0. The molecule has 9 heteroatoms. The molecule has 126 valence electrons. The van der Waals surface area contributed by atoms with E-state index in [2.05, 4.69) is 19.9 Å². The van der Waals surface area contributed by atoms with Crippen molar-refractivity contribution in [3.63, 3.8) is 0 Å². The molecule has 0 aliphatic carbocycles. The molecule has 2 aromatic heterocycles. The summed E-state index contributed by atoms with van der Waals surface area (Å²) >= 11 is 0. The van der Waals surface area contributed by atoms with Crippen molar-refractivity contribution in [3.05, 3.63) is 59.2 Å². The van der Waals surface area contributed by atoms with Gasteiger partial charge in [-0.05, 0) is 35.3 Å². The molecule has 26 heavy (non-hydrogen) atoms. The summed E-state index contributed by atoms with van der Waals surface area (Å²) in [6, 6.07) is 10.7. The van der Waals surface area contributed by atoms with Gasteiger partial charge in [0.05, 0.1) is 11.0 Å². The summed E-state index contributed by atoms with van der Waals surface area (Å²) in [6.07, 6.45) is 0.453. The quantitative estimate of drug-likeness (QED) is 0.199. The van der Waals surface area contributed by atoms with Crippen LogP contribution in [0.1, 0.15) is 22.8 Å². The molecule has 0 fully saturated rings. The number of nitrogen functional groups attached to an aromatic ring is 2. The van der Waals surface area contributed by atoms with Crippen LogP contribution in [-0.4, -0.2) is 26.6 Å². The zero-order valence-corrected chi connectivity index (χ0v) is 16.8. The van der Waals surface area contributed by atoms with Crippen molar-refractivity contribution >= 4 is 33.7 Å². The zero-order chi connectivity index (χ0) is 17.6. The number of aromatic nitrogens is 4. The number of rotatable bonds is 4. The monoisotopic (exact) mass is 395 g/mol. The Bertz CT molecular complexity index is 1050. The summed E-state index contributed by atoms with van der Waals surface area (Å²) in [7, 11) is 0. The smallest absolute Gasteiger partial charge is 0.122 e. The van der Waals surface area contributed by atoms with Gasteiger partial charge < -0.3 is 26.4 Å². The Hall–Kier alpha value is -3.06. The number of hydrogen-bond acceptors (Lipinski definition) is 4. The van der Waals surface area contributed by atoms with Crippen LogP contribution >= 0.6 is 0 Å². The molecule has 7 N–H and O–H groups in total. The summed E-state index contributed by atoms with van der Waals surface area (Å²) in [6.45, 7) is 0. The van der Waals surface area contributed by atoms with Crippen LogP contribution < -0.4 is 16.5 Å². The second kappa shape index (κ2) is 6.69. The van der Waals surface area contributed by atoms with Gasteiger partial charge in [-0.3, -0.25) is 10.8 Å². The maximum absolute atomic E-state index is 7.51. The SMILES string of the molecule is N=C(N)c1ccc2[n-]c(Cc3nc4ccc(C(=N)N)cc4[nH]3)nc2c1.[Zn]. The molecule has 0 saturated carbocycles. The van der Waals surface area contributed by atoms with Crippen molar-refractivity contribution in [2.24, 2.45) is 11.5 Å². The standard InChI is InChI=1S/C17H15N8.Zn/c18-16(19)8-1-3-10-12(5-8)24-14(22-10)7-15-23-11-4-2-9(17(20)21)6-13(11)25-15;/h1-6H,7H2,(H7-,18,19,20,21,22,23,24,25);/q-1;. The Morgan fingerprint density at radius 3 is 2.38 bits per heavy atom. The first-order chi connectivity index (χ1) is 12.0. The molecule has 0 amide bonds. The van der Waals surface area contributed by atoms with E-state index in [0.29, 0.717) is 28.9 Å². The van der Waals surface area contributed by atoms with Crippen LogP contribution in [0.2, 0.25) is 0 Å². The van der Waals surface area contributed by atoms with E-state index < -0.39 is 0 Å². The average molecular weight is 397 g/mol. The molecule has 0 atom stereocenters. The van der Waals surface area contributed by atoms with E-state index in [1.807, 2.05) is 6.07 Å². The fourth-order valence-corrected chi connectivity index (χ4v) is 2.72. The van der Waals surface area contributed by atoms with E-state index in [0.717, 1.165) is 22.4 Å². The van der Waals surface area contributed by atoms with Crippen molar-refractivity contribution in [1.29, 1.82) is 10.8 Å². The number of H-pyrrole nitrogens is 1. The van der Waals surface area contributed by atoms with Gasteiger partial charge in [0, 0.05) is 37.0 Å². The van der Waals surface area contributed by atoms with Gasteiger partial charge in [0.15, 0.2) is 0 Å². The normalized spacial score (nSPS) is 10.8. The molecule has 4 rings (SSSR count). The van der Waals surface area contributed by atoms with E-state index in [1.54, 1.807) is 30.3 Å². The maximum Gasteiger partial charge on any atom is 0.122 e. The van der Waals surface area contributed by atoms with Gasteiger partial charge in [0.25, 0.3) is 0 Å². The third kappa shape index (κ3) is 3.21. The molecule has 0 spiro atoms. The molecule has 0 saturated heterocycles. The number of amidine groups is 2. The molecule has 0 bridgehead atoms. The van der Waals surface area contributed by atoms with Crippen molar-refractivity contribution in [2.45, 2.75) is 6.42 Å². The molecule has 8 nitrogen and oxygen atoms in total. The Morgan fingerprint density at radius 2 is 1.65 bits per heavy atom. The summed E-state index contributed by atoms with van der Waals surface area (Å²) < 4.78 is 0. The fourth-order valence-electron chi connectivity index (χ4n) is 2.72. The van der Waals surface area contributed by atoms with E-state index >= 15 is 0 Å². The Balaban J connectivity index is 0.00000196. The number of fused-ring (bicyclic) bond motifs is 2. The van der Waals surface area contributed by atoms with Crippen LogP contribution in [0.25, 0.3) is 22.1 Å². The van der Waals surface area contributed by atoms with E-state index in [9.17, 15) is 0 Å². The topological polar surface area (TPSA) is 155 Å². The van der Waals surface area contributed by atoms with Gasteiger partial charge in [-0.1, -0.05) is 18.0 Å². The number of benzene rings is 2. The van der Waals surface area contributed by atoms with Gasteiger partial charge in [-0.2, -0.15) is 0 Å². The number of hydrogen-bond donors (Lipinski definition) is 5. The molecule has 0 radical (unpaired) electrons. The largest absolute Gasteiger partial charge is 0.439 e. The zero-order valence-electron chi connectivity index (χ0n) is 13.9. The average Bonchev–Trinajstić information content (AvgIpc) is 3.15. The molecule has 2 aromatic carbocycles. The van der Waals surface area contributed by atoms with Crippen molar-refractivity contribution in [2.75, 3.05) is 0 Å². The predicted octanol–water partition coefficient (Wildman–Crippen LogP) is 1.22.